The highest BCUT2D eigenvalue weighted by Crippen LogP contribution is 2.11. The highest BCUT2D eigenvalue weighted by atomic mass is 32.1. The van der Waals surface area contributed by atoms with E-state index in [0.29, 0.717) is 0 Å². The minimum Gasteiger partial charge on any atom is -0.309 e. The van der Waals surface area contributed by atoms with E-state index in [1.807, 2.05) is 19.1 Å². The summed E-state index contributed by atoms with van der Waals surface area (Å²) in [6.07, 6.45) is 7.13. The molecule has 1 rings (SSSR count). The Balaban J connectivity index is 2.62. The van der Waals surface area contributed by atoms with Crippen molar-refractivity contribution >= 4 is 23.6 Å². The van der Waals surface area contributed by atoms with Crippen molar-refractivity contribution in [3.8, 4) is 0 Å². The quantitative estimate of drug-likeness (QED) is 0.540. The van der Waals surface area contributed by atoms with Crippen molar-refractivity contribution in [3.05, 3.63) is 40.1 Å². The number of hydrogen-bond donors (Lipinski definition) is 1. The summed E-state index contributed by atoms with van der Waals surface area (Å²) < 4.78 is 0. The first-order chi connectivity index (χ1) is 5.83. The first kappa shape index (κ1) is 8.94. The summed E-state index contributed by atoms with van der Waals surface area (Å²) in [4.78, 5) is 1.24. The lowest BCUT2D eigenvalue weighted by Gasteiger charge is -1.86. The van der Waals surface area contributed by atoms with Crippen LogP contribution in [0.15, 0.2) is 35.2 Å². The Hall–Kier alpha value is -1.15. The summed E-state index contributed by atoms with van der Waals surface area (Å²) in [6, 6.07) is 4.10. The van der Waals surface area contributed by atoms with Gasteiger partial charge in [0, 0.05) is 11.1 Å². The molecular formula is C10H11NS. The van der Waals surface area contributed by atoms with Crippen LogP contribution in [0.25, 0.3) is 6.08 Å². The normalized spacial score (nSPS) is 12.2. The van der Waals surface area contributed by atoms with Gasteiger partial charge in [-0.25, -0.2) is 0 Å². The van der Waals surface area contributed by atoms with Gasteiger partial charge in [-0.15, -0.1) is 11.3 Å². The molecule has 1 N–H and O–H groups in total. The van der Waals surface area contributed by atoms with Crippen LogP contribution in [0, 0.1) is 5.41 Å². The van der Waals surface area contributed by atoms with E-state index in [-0.39, 0.29) is 0 Å². The van der Waals surface area contributed by atoms with Crippen LogP contribution >= 0.6 is 11.3 Å². The molecule has 0 fully saturated rings. The van der Waals surface area contributed by atoms with E-state index < -0.39 is 0 Å². The third kappa shape index (κ3) is 2.84. The number of thiophene rings is 1. The lowest BCUT2D eigenvalue weighted by atomic mass is 10.2. The molecule has 12 heavy (non-hydrogen) atoms. The van der Waals surface area contributed by atoms with E-state index in [0.717, 1.165) is 5.57 Å². The topological polar surface area (TPSA) is 23.9 Å². The van der Waals surface area contributed by atoms with Crippen LogP contribution in [0.2, 0.25) is 0 Å². The average molecular weight is 177 g/mol. The molecule has 0 aliphatic heterocycles. The van der Waals surface area contributed by atoms with Gasteiger partial charge in [0.25, 0.3) is 0 Å². The maximum Gasteiger partial charge on any atom is 0.0270 e. The van der Waals surface area contributed by atoms with Gasteiger partial charge in [0.1, 0.15) is 0 Å². The molecule has 2 heteroatoms. The summed E-state index contributed by atoms with van der Waals surface area (Å²) in [5.74, 6) is 0. The maximum absolute atomic E-state index is 6.85. The molecule has 0 atom stereocenters. The second-order valence-corrected chi connectivity index (χ2v) is 3.41. The van der Waals surface area contributed by atoms with Gasteiger partial charge in [-0.05, 0) is 36.1 Å². The number of rotatable bonds is 3. The van der Waals surface area contributed by atoms with Crippen LogP contribution in [0.5, 0.6) is 0 Å². The van der Waals surface area contributed by atoms with E-state index >= 15 is 0 Å². The lowest BCUT2D eigenvalue weighted by Crippen LogP contribution is -1.68. The smallest absolute Gasteiger partial charge is 0.0270 e. The monoisotopic (exact) mass is 177 g/mol. The first-order valence-corrected chi connectivity index (χ1v) is 4.60. The van der Waals surface area contributed by atoms with Gasteiger partial charge in [-0.3, -0.25) is 0 Å². The van der Waals surface area contributed by atoms with Crippen LogP contribution in [0.3, 0.4) is 0 Å². The van der Waals surface area contributed by atoms with Crippen molar-refractivity contribution in [2.24, 2.45) is 0 Å². The van der Waals surface area contributed by atoms with E-state index in [1.54, 1.807) is 17.4 Å². The molecule has 0 amide bonds. The SMILES string of the molecule is CC(/C=C/c1cccs1)=C\C=N. The fourth-order valence-electron chi connectivity index (χ4n) is 0.787. The third-order valence-corrected chi connectivity index (χ3v) is 2.24. The van der Waals surface area contributed by atoms with Crippen LogP contribution in [0.4, 0.5) is 0 Å². The van der Waals surface area contributed by atoms with E-state index in [1.165, 1.54) is 11.1 Å². The van der Waals surface area contributed by atoms with Crippen molar-refractivity contribution < 1.29 is 0 Å². The van der Waals surface area contributed by atoms with Gasteiger partial charge in [0.05, 0.1) is 0 Å². The Kier molecular flexibility index (Phi) is 3.48. The van der Waals surface area contributed by atoms with Gasteiger partial charge in [-0.1, -0.05) is 12.1 Å². The highest BCUT2D eigenvalue weighted by molar-refractivity contribution is 7.10. The number of allylic oxidation sites excluding steroid dienone is 3. The average Bonchev–Trinajstić information content (AvgIpc) is 2.53. The highest BCUT2D eigenvalue weighted by Gasteiger charge is 1.84. The Morgan fingerprint density at radius 2 is 2.42 bits per heavy atom. The van der Waals surface area contributed by atoms with Crippen LogP contribution in [-0.4, -0.2) is 6.21 Å². The Morgan fingerprint density at radius 1 is 1.58 bits per heavy atom. The molecule has 0 unspecified atom stereocenters. The Bertz CT molecular complexity index is 294. The molecule has 1 heterocycles. The standard InChI is InChI=1S/C10H11NS/c1-9(6-7-11)4-5-10-3-2-8-12-10/h2-8,11H,1H3/b5-4+,9-6+,11-7?. The molecular weight excluding hydrogens is 166 g/mol. The van der Waals surface area contributed by atoms with Crippen molar-refractivity contribution in [2.45, 2.75) is 6.92 Å². The summed E-state index contributed by atoms with van der Waals surface area (Å²) in [7, 11) is 0. The summed E-state index contributed by atoms with van der Waals surface area (Å²) in [5.41, 5.74) is 1.10. The van der Waals surface area contributed by atoms with Crippen molar-refractivity contribution in [1.29, 1.82) is 5.41 Å². The molecule has 62 valence electrons. The van der Waals surface area contributed by atoms with Crippen LogP contribution in [-0.2, 0) is 0 Å². The molecule has 0 aliphatic rings. The van der Waals surface area contributed by atoms with Crippen LogP contribution < -0.4 is 0 Å². The zero-order valence-electron chi connectivity index (χ0n) is 6.95. The molecule has 0 aromatic carbocycles. The molecule has 1 aromatic heterocycles. The lowest BCUT2D eigenvalue weighted by molar-refractivity contribution is 1.52. The summed E-state index contributed by atoms with van der Waals surface area (Å²) in [5, 5.41) is 8.90. The molecule has 1 aromatic rings. The second kappa shape index (κ2) is 4.67. The fourth-order valence-corrected chi connectivity index (χ4v) is 1.40. The number of nitrogens with one attached hydrogen (secondary N) is 1. The maximum atomic E-state index is 6.85. The molecule has 0 saturated heterocycles. The third-order valence-electron chi connectivity index (χ3n) is 1.40. The zero-order chi connectivity index (χ0) is 8.81. The largest absolute Gasteiger partial charge is 0.309 e. The van der Waals surface area contributed by atoms with Crippen molar-refractivity contribution in [1.82, 2.24) is 0 Å². The van der Waals surface area contributed by atoms with Crippen molar-refractivity contribution in [2.75, 3.05) is 0 Å². The number of hydrogen-bond acceptors (Lipinski definition) is 2. The predicted octanol–water partition coefficient (Wildman–Crippen LogP) is 3.36. The fraction of sp³-hybridized carbons (Fsp3) is 0.100. The summed E-state index contributed by atoms with van der Waals surface area (Å²) >= 11 is 1.71. The summed E-state index contributed by atoms with van der Waals surface area (Å²) in [6.45, 7) is 1.98. The van der Waals surface area contributed by atoms with Gasteiger partial charge >= 0.3 is 0 Å². The zero-order valence-corrected chi connectivity index (χ0v) is 7.77. The van der Waals surface area contributed by atoms with Gasteiger partial charge in [0.2, 0.25) is 0 Å². The Labute approximate surface area is 76.6 Å². The van der Waals surface area contributed by atoms with Gasteiger partial charge in [-0.2, -0.15) is 0 Å². The molecule has 0 bridgehead atoms. The first-order valence-electron chi connectivity index (χ1n) is 3.72. The van der Waals surface area contributed by atoms with Crippen LogP contribution in [0.1, 0.15) is 11.8 Å². The minimum absolute atomic E-state index is 1.10. The van der Waals surface area contributed by atoms with Gasteiger partial charge in [0.15, 0.2) is 0 Å². The molecule has 0 spiro atoms. The van der Waals surface area contributed by atoms with E-state index in [9.17, 15) is 0 Å². The molecule has 0 aliphatic carbocycles. The van der Waals surface area contributed by atoms with Crippen molar-refractivity contribution in [3.63, 3.8) is 0 Å². The predicted molar refractivity (Wildman–Crippen MR) is 55.9 cm³/mol. The minimum atomic E-state index is 1.10. The second-order valence-electron chi connectivity index (χ2n) is 2.43. The molecule has 0 saturated carbocycles. The molecule has 1 nitrogen and oxygen atoms in total. The van der Waals surface area contributed by atoms with E-state index in [2.05, 4.69) is 17.5 Å². The van der Waals surface area contributed by atoms with Gasteiger partial charge < -0.3 is 5.41 Å². The van der Waals surface area contributed by atoms with E-state index in [4.69, 9.17) is 5.41 Å². The molecule has 0 radical (unpaired) electrons. The Morgan fingerprint density at radius 3 is 3.00 bits per heavy atom.